The number of carbonyl (C=O) groups is 1. The van der Waals surface area contributed by atoms with E-state index in [0.29, 0.717) is 41.4 Å². The normalized spacial score (nSPS) is 10.8. The van der Waals surface area contributed by atoms with Crippen molar-refractivity contribution in [1.82, 2.24) is 15.1 Å². The lowest BCUT2D eigenvalue weighted by Gasteiger charge is -2.12. The second-order valence-electron chi connectivity index (χ2n) is 8.29. The quantitative estimate of drug-likeness (QED) is 0.378. The molecule has 0 radical (unpaired) electrons. The molecule has 0 aliphatic rings. The topological polar surface area (TPSA) is 65.4 Å². The summed E-state index contributed by atoms with van der Waals surface area (Å²) in [7, 11) is 3.18. The Morgan fingerprint density at radius 2 is 1.74 bits per heavy atom. The molecule has 0 atom stereocenters. The van der Waals surface area contributed by atoms with Gasteiger partial charge in [0, 0.05) is 12.1 Å². The number of hydrogen-bond donors (Lipinski definition) is 1. The molecule has 1 heterocycles. The largest absolute Gasteiger partial charge is 0.493 e. The van der Waals surface area contributed by atoms with E-state index in [9.17, 15) is 9.18 Å². The predicted octanol–water partition coefficient (Wildman–Crippen LogP) is 5.28. The van der Waals surface area contributed by atoms with Crippen molar-refractivity contribution in [2.24, 2.45) is 0 Å². The molecule has 1 amide bonds. The Kier molecular flexibility index (Phi) is 7.15. The van der Waals surface area contributed by atoms with Gasteiger partial charge in [-0.2, -0.15) is 5.10 Å². The van der Waals surface area contributed by atoms with Gasteiger partial charge < -0.3 is 14.8 Å². The predicted molar refractivity (Wildman–Crippen MR) is 134 cm³/mol. The van der Waals surface area contributed by atoms with Gasteiger partial charge in [-0.3, -0.25) is 4.79 Å². The van der Waals surface area contributed by atoms with Gasteiger partial charge in [0.1, 0.15) is 11.5 Å². The highest BCUT2D eigenvalue weighted by Crippen LogP contribution is 2.28. The molecule has 1 N–H and O–H groups in total. The lowest BCUT2D eigenvalue weighted by Crippen LogP contribution is -2.28. The number of ether oxygens (including phenoxy) is 2. The van der Waals surface area contributed by atoms with Gasteiger partial charge in [-0.25, -0.2) is 9.07 Å². The number of nitrogens with zero attached hydrogens (tertiary/aromatic N) is 2. The summed E-state index contributed by atoms with van der Waals surface area (Å²) in [5.41, 5.74) is 4.84. The van der Waals surface area contributed by atoms with Crippen molar-refractivity contribution < 1.29 is 18.7 Å². The van der Waals surface area contributed by atoms with E-state index >= 15 is 0 Å². The summed E-state index contributed by atoms with van der Waals surface area (Å²) < 4.78 is 26.7. The number of rotatable bonds is 8. The molecule has 4 aromatic rings. The maximum atomic E-state index is 14.5. The van der Waals surface area contributed by atoms with Crippen LogP contribution < -0.4 is 14.8 Å². The van der Waals surface area contributed by atoms with Gasteiger partial charge in [0.2, 0.25) is 0 Å². The van der Waals surface area contributed by atoms with Crippen LogP contribution in [0.3, 0.4) is 0 Å². The summed E-state index contributed by atoms with van der Waals surface area (Å²) in [6.07, 6.45) is 0.601. The first kappa shape index (κ1) is 24.0. The Morgan fingerprint density at radius 3 is 2.49 bits per heavy atom. The molecule has 0 saturated carbocycles. The summed E-state index contributed by atoms with van der Waals surface area (Å²) in [5, 5.41) is 7.60. The fourth-order valence-electron chi connectivity index (χ4n) is 3.92. The van der Waals surface area contributed by atoms with Crippen molar-refractivity contribution in [3.63, 3.8) is 0 Å². The molecule has 0 aliphatic carbocycles. The maximum Gasteiger partial charge on any atom is 0.270 e. The minimum Gasteiger partial charge on any atom is -0.493 e. The zero-order valence-electron chi connectivity index (χ0n) is 20.3. The van der Waals surface area contributed by atoms with Gasteiger partial charge in [0.15, 0.2) is 11.5 Å². The van der Waals surface area contributed by atoms with E-state index in [4.69, 9.17) is 9.47 Å². The average Bonchev–Trinajstić information content (AvgIpc) is 3.30. The van der Waals surface area contributed by atoms with E-state index in [-0.39, 0.29) is 5.91 Å². The molecule has 6 nitrogen and oxygen atoms in total. The van der Waals surface area contributed by atoms with Crippen LogP contribution in [-0.2, 0) is 6.42 Å². The molecule has 35 heavy (non-hydrogen) atoms. The molecule has 0 spiro atoms. The van der Waals surface area contributed by atoms with Crippen LogP contribution in [0.15, 0.2) is 66.7 Å². The van der Waals surface area contributed by atoms with Crippen molar-refractivity contribution in [2.75, 3.05) is 20.8 Å². The molecule has 0 unspecified atom stereocenters. The molecular weight excluding hydrogens is 445 g/mol. The third kappa shape index (κ3) is 5.19. The summed E-state index contributed by atoms with van der Waals surface area (Å²) in [4.78, 5) is 13.3. The van der Waals surface area contributed by atoms with Crippen LogP contribution >= 0.6 is 0 Å². The Morgan fingerprint density at radius 1 is 0.971 bits per heavy atom. The second kappa shape index (κ2) is 10.4. The molecule has 4 rings (SSSR count). The summed E-state index contributed by atoms with van der Waals surface area (Å²) in [5.74, 6) is 0.609. The first-order valence-electron chi connectivity index (χ1n) is 11.3. The zero-order valence-corrected chi connectivity index (χ0v) is 20.3. The molecule has 0 saturated heterocycles. The summed E-state index contributed by atoms with van der Waals surface area (Å²) in [6.45, 7) is 4.34. The number of nitrogens with one attached hydrogen (secondary N) is 1. The van der Waals surface area contributed by atoms with Crippen LogP contribution in [0.1, 0.15) is 27.2 Å². The number of benzene rings is 3. The minimum atomic E-state index is -0.390. The highest BCUT2D eigenvalue weighted by Gasteiger charge is 2.20. The lowest BCUT2D eigenvalue weighted by molar-refractivity contribution is 0.0946. The third-order valence-electron chi connectivity index (χ3n) is 5.83. The molecule has 1 aromatic heterocycles. The fourth-order valence-corrected chi connectivity index (χ4v) is 3.92. The van der Waals surface area contributed by atoms with E-state index in [0.717, 1.165) is 22.4 Å². The van der Waals surface area contributed by atoms with Crippen LogP contribution in [0.5, 0.6) is 11.5 Å². The molecule has 0 aliphatic heterocycles. The van der Waals surface area contributed by atoms with Crippen LogP contribution in [0.2, 0.25) is 0 Å². The van der Waals surface area contributed by atoms with Crippen molar-refractivity contribution in [2.45, 2.75) is 20.3 Å². The van der Waals surface area contributed by atoms with Gasteiger partial charge in [0.25, 0.3) is 5.91 Å². The Labute approximate surface area is 204 Å². The smallest absolute Gasteiger partial charge is 0.270 e. The maximum absolute atomic E-state index is 14.5. The van der Waals surface area contributed by atoms with Crippen LogP contribution in [0.4, 0.5) is 4.39 Å². The first-order chi connectivity index (χ1) is 16.9. The molecule has 7 heteroatoms. The van der Waals surface area contributed by atoms with Crippen molar-refractivity contribution in [3.05, 3.63) is 94.9 Å². The van der Waals surface area contributed by atoms with Crippen LogP contribution in [-0.4, -0.2) is 36.5 Å². The van der Waals surface area contributed by atoms with Crippen molar-refractivity contribution in [1.29, 1.82) is 0 Å². The van der Waals surface area contributed by atoms with E-state index in [2.05, 4.69) is 10.4 Å². The van der Waals surface area contributed by atoms with Gasteiger partial charge in [-0.1, -0.05) is 30.3 Å². The van der Waals surface area contributed by atoms with Gasteiger partial charge in [0.05, 0.1) is 25.6 Å². The molecule has 0 bridgehead atoms. The highest BCUT2D eigenvalue weighted by atomic mass is 19.1. The van der Waals surface area contributed by atoms with E-state index in [1.807, 2.05) is 50.2 Å². The summed E-state index contributed by atoms with van der Waals surface area (Å²) >= 11 is 0. The van der Waals surface area contributed by atoms with E-state index < -0.39 is 5.82 Å². The Bertz CT molecular complexity index is 1360. The zero-order chi connectivity index (χ0) is 24.9. The molecular formula is C28H28FN3O3. The number of aryl methyl sites for hydroxylation is 2. The number of aromatic nitrogens is 2. The standard InChI is InChI=1S/C28H28FN3O3/c1-18-9-10-19(2)24(15-18)32-25(17-23(31-32)21-7-5-6-8-22(21)29)28(33)30-14-13-20-11-12-26(34-3)27(16-20)35-4/h5-12,15-17H,13-14H2,1-4H3,(H,30,33). The van der Waals surface area contributed by atoms with Gasteiger partial charge >= 0.3 is 0 Å². The van der Waals surface area contributed by atoms with Crippen molar-refractivity contribution >= 4 is 5.91 Å². The number of hydrogen-bond acceptors (Lipinski definition) is 4. The molecule has 180 valence electrons. The molecule has 0 fully saturated rings. The average molecular weight is 474 g/mol. The monoisotopic (exact) mass is 473 g/mol. The summed E-state index contributed by atoms with van der Waals surface area (Å²) in [6, 6.07) is 19.7. The Hall–Kier alpha value is -4.13. The van der Waals surface area contributed by atoms with Crippen molar-refractivity contribution in [3.8, 4) is 28.4 Å². The third-order valence-corrected chi connectivity index (χ3v) is 5.83. The van der Waals surface area contributed by atoms with Crippen LogP contribution in [0, 0.1) is 19.7 Å². The van der Waals surface area contributed by atoms with E-state index in [1.165, 1.54) is 6.07 Å². The Balaban J connectivity index is 1.62. The lowest BCUT2D eigenvalue weighted by atomic mass is 10.1. The fraction of sp³-hybridized carbons (Fsp3) is 0.214. The highest BCUT2D eigenvalue weighted by molar-refractivity contribution is 5.94. The number of amides is 1. The number of methoxy groups -OCH3 is 2. The number of halogens is 1. The van der Waals surface area contributed by atoms with Crippen LogP contribution in [0.25, 0.3) is 16.9 Å². The second-order valence-corrected chi connectivity index (χ2v) is 8.29. The van der Waals surface area contributed by atoms with Gasteiger partial charge in [-0.15, -0.1) is 0 Å². The number of carbonyl (C=O) groups excluding carboxylic acids is 1. The SMILES string of the molecule is COc1ccc(CCNC(=O)c2cc(-c3ccccc3F)nn2-c2cc(C)ccc2C)cc1OC. The minimum absolute atomic E-state index is 0.290. The molecule has 3 aromatic carbocycles. The van der Waals surface area contributed by atoms with E-state index in [1.54, 1.807) is 43.2 Å². The van der Waals surface area contributed by atoms with Gasteiger partial charge in [-0.05, 0) is 73.4 Å². The first-order valence-corrected chi connectivity index (χ1v) is 11.3.